The Morgan fingerprint density at radius 2 is 1.93 bits per heavy atom. The fourth-order valence-corrected chi connectivity index (χ4v) is 2.78. The molecule has 8 nitrogen and oxygen atoms in total. The SMILES string of the molecule is COc1ccc(/C(C)=N\NC(=O)CN2C(=O)COc3ccccc32)cc1OC. The van der Waals surface area contributed by atoms with Crippen LogP contribution in [-0.4, -0.2) is 44.9 Å². The van der Waals surface area contributed by atoms with Crippen molar-refractivity contribution in [2.24, 2.45) is 5.10 Å². The fraction of sp³-hybridized carbons (Fsp3) is 0.250. The van der Waals surface area contributed by atoms with Crippen LogP contribution in [0.5, 0.6) is 17.2 Å². The number of nitrogens with one attached hydrogen (secondary N) is 1. The van der Waals surface area contributed by atoms with Crippen LogP contribution < -0.4 is 24.5 Å². The number of hydrogen-bond donors (Lipinski definition) is 1. The number of carbonyl (C=O) groups excluding carboxylic acids is 2. The Kier molecular flexibility index (Phi) is 5.78. The van der Waals surface area contributed by atoms with Crippen molar-refractivity contribution in [3.63, 3.8) is 0 Å². The summed E-state index contributed by atoms with van der Waals surface area (Å²) < 4.78 is 15.9. The van der Waals surface area contributed by atoms with Crippen LogP contribution in [0.1, 0.15) is 12.5 Å². The van der Waals surface area contributed by atoms with Gasteiger partial charge in [-0.2, -0.15) is 5.10 Å². The molecule has 0 saturated heterocycles. The second kappa shape index (κ2) is 8.43. The molecule has 2 amide bonds. The Hall–Kier alpha value is -3.55. The quantitative estimate of drug-likeness (QED) is 0.609. The molecule has 0 unspecified atom stereocenters. The third kappa shape index (κ3) is 4.06. The molecule has 1 N–H and O–H groups in total. The molecule has 146 valence electrons. The number of para-hydroxylation sites is 2. The van der Waals surface area contributed by atoms with Crippen molar-refractivity contribution in [1.29, 1.82) is 0 Å². The van der Waals surface area contributed by atoms with E-state index in [-0.39, 0.29) is 19.1 Å². The van der Waals surface area contributed by atoms with Gasteiger partial charge in [-0.15, -0.1) is 0 Å². The highest BCUT2D eigenvalue weighted by Gasteiger charge is 2.26. The average Bonchev–Trinajstić information content (AvgIpc) is 2.73. The minimum absolute atomic E-state index is 0.0990. The second-order valence-corrected chi connectivity index (χ2v) is 6.04. The lowest BCUT2D eigenvalue weighted by Gasteiger charge is -2.28. The van der Waals surface area contributed by atoms with Gasteiger partial charge in [0, 0.05) is 5.56 Å². The number of ether oxygens (including phenoxy) is 3. The van der Waals surface area contributed by atoms with Crippen LogP contribution in [0.3, 0.4) is 0 Å². The summed E-state index contributed by atoms with van der Waals surface area (Å²) in [5.41, 5.74) is 4.41. The van der Waals surface area contributed by atoms with Crippen LogP contribution in [0.15, 0.2) is 47.6 Å². The normalized spacial score (nSPS) is 13.5. The van der Waals surface area contributed by atoms with E-state index in [1.807, 2.05) is 12.1 Å². The summed E-state index contributed by atoms with van der Waals surface area (Å²) in [5.74, 6) is 1.04. The van der Waals surface area contributed by atoms with E-state index >= 15 is 0 Å². The van der Waals surface area contributed by atoms with Gasteiger partial charge in [-0.25, -0.2) is 5.43 Å². The summed E-state index contributed by atoms with van der Waals surface area (Å²) in [6.45, 7) is 1.51. The Bertz CT molecular complexity index is 926. The minimum atomic E-state index is -0.412. The Balaban J connectivity index is 1.69. The molecule has 1 aliphatic rings. The smallest absolute Gasteiger partial charge is 0.265 e. The van der Waals surface area contributed by atoms with Crippen molar-refractivity contribution in [2.75, 3.05) is 32.3 Å². The van der Waals surface area contributed by atoms with Crippen molar-refractivity contribution in [3.05, 3.63) is 48.0 Å². The lowest BCUT2D eigenvalue weighted by molar-refractivity contribution is -0.125. The van der Waals surface area contributed by atoms with Crippen LogP contribution in [0.25, 0.3) is 0 Å². The number of methoxy groups -OCH3 is 2. The largest absolute Gasteiger partial charge is 0.493 e. The van der Waals surface area contributed by atoms with E-state index < -0.39 is 5.91 Å². The van der Waals surface area contributed by atoms with Gasteiger partial charge >= 0.3 is 0 Å². The molecule has 0 radical (unpaired) electrons. The van der Waals surface area contributed by atoms with Gasteiger partial charge in [-0.05, 0) is 37.3 Å². The first-order valence-corrected chi connectivity index (χ1v) is 8.61. The predicted molar refractivity (Wildman–Crippen MR) is 104 cm³/mol. The van der Waals surface area contributed by atoms with Crippen molar-refractivity contribution in [1.82, 2.24) is 5.43 Å². The third-order valence-electron chi connectivity index (χ3n) is 4.26. The number of rotatable bonds is 6. The highest BCUT2D eigenvalue weighted by Crippen LogP contribution is 2.31. The number of benzene rings is 2. The molecule has 0 bridgehead atoms. The highest BCUT2D eigenvalue weighted by molar-refractivity contribution is 6.03. The van der Waals surface area contributed by atoms with E-state index in [4.69, 9.17) is 14.2 Å². The maximum absolute atomic E-state index is 12.3. The second-order valence-electron chi connectivity index (χ2n) is 6.04. The number of hydrazone groups is 1. The first-order chi connectivity index (χ1) is 13.5. The molecule has 0 aromatic heterocycles. The molecule has 2 aromatic rings. The third-order valence-corrected chi connectivity index (χ3v) is 4.26. The van der Waals surface area contributed by atoms with Crippen LogP contribution in [0.4, 0.5) is 5.69 Å². The molecule has 0 spiro atoms. The number of amides is 2. The number of nitrogens with zero attached hydrogens (tertiary/aromatic N) is 2. The van der Waals surface area contributed by atoms with Gasteiger partial charge in [0.25, 0.3) is 11.8 Å². The molecular weight excluding hydrogens is 362 g/mol. The van der Waals surface area contributed by atoms with Crippen LogP contribution >= 0.6 is 0 Å². The van der Waals surface area contributed by atoms with E-state index in [1.165, 1.54) is 4.90 Å². The number of carbonyl (C=O) groups is 2. The monoisotopic (exact) mass is 383 g/mol. The molecule has 8 heteroatoms. The van der Waals surface area contributed by atoms with E-state index in [0.717, 1.165) is 5.56 Å². The van der Waals surface area contributed by atoms with E-state index in [9.17, 15) is 9.59 Å². The standard InChI is InChI=1S/C20H21N3O5/c1-13(14-8-9-17(26-2)18(10-14)27-3)21-22-19(24)11-23-15-6-4-5-7-16(15)28-12-20(23)25/h4-10H,11-12H2,1-3H3,(H,22,24)/b21-13-. The number of anilines is 1. The Morgan fingerprint density at radius 3 is 2.68 bits per heavy atom. The van der Waals surface area contributed by atoms with Gasteiger partial charge in [0.1, 0.15) is 12.3 Å². The highest BCUT2D eigenvalue weighted by atomic mass is 16.5. The zero-order chi connectivity index (χ0) is 20.1. The van der Waals surface area contributed by atoms with Crippen molar-refractivity contribution < 1.29 is 23.8 Å². The zero-order valence-electron chi connectivity index (χ0n) is 15.9. The molecular formula is C20H21N3O5. The first kappa shape index (κ1) is 19.2. The summed E-state index contributed by atoms with van der Waals surface area (Å²) in [6.07, 6.45) is 0. The minimum Gasteiger partial charge on any atom is -0.493 e. The van der Waals surface area contributed by atoms with Gasteiger partial charge in [-0.1, -0.05) is 12.1 Å². The molecule has 1 heterocycles. The topological polar surface area (TPSA) is 89.5 Å². The van der Waals surface area contributed by atoms with Gasteiger partial charge < -0.3 is 14.2 Å². The predicted octanol–water partition coefficient (Wildman–Crippen LogP) is 1.97. The summed E-state index contributed by atoms with van der Waals surface area (Å²) in [4.78, 5) is 25.9. The van der Waals surface area contributed by atoms with Crippen LogP contribution in [-0.2, 0) is 9.59 Å². The molecule has 0 fully saturated rings. The van der Waals surface area contributed by atoms with Crippen molar-refractivity contribution in [3.8, 4) is 17.2 Å². The van der Waals surface area contributed by atoms with E-state index in [1.54, 1.807) is 51.5 Å². The van der Waals surface area contributed by atoms with Crippen molar-refractivity contribution in [2.45, 2.75) is 6.92 Å². The molecule has 0 saturated carbocycles. The van der Waals surface area contributed by atoms with Gasteiger partial charge in [0.2, 0.25) is 0 Å². The molecule has 0 aliphatic carbocycles. The molecule has 2 aromatic carbocycles. The van der Waals surface area contributed by atoms with Crippen LogP contribution in [0, 0.1) is 0 Å². The molecule has 3 rings (SSSR count). The first-order valence-electron chi connectivity index (χ1n) is 8.61. The van der Waals surface area contributed by atoms with E-state index in [2.05, 4.69) is 10.5 Å². The Labute approximate surface area is 162 Å². The number of fused-ring (bicyclic) bond motifs is 1. The lowest BCUT2D eigenvalue weighted by Crippen LogP contribution is -2.44. The van der Waals surface area contributed by atoms with Crippen LogP contribution in [0.2, 0.25) is 0 Å². The fourth-order valence-electron chi connectivity index (χ4n) is 2.78. The zero-order valence-corrected chi connectivity index (χ0v) is 15.9. The maximum Gasteiger partial charge on any atom is 0.265 e. The lowest BCUT2D eigenvalue weighted by atomic mass is 10.1. The number of hydrogen-bond acceptors (Lipinski definition) is 6. The summed E-state index contributed by atoms with van der Waals surface area (Å²) in [7, 11) is 3.11. The van der Waals surface area contributed by atoms with Crippen molar-refractivity contribution >= 4 is 23.2 Å². The van der Waals surface area contributed by atoms with Gasteiger partial charge in [0.15, 0.2) is 18.1 Å². The molecule has 0 atom stereocenters. The molecule has 28 heavy (non-hydrogen) atoms. The average molecular weight is 383 g/mol. The van der Waals surface area contributed by atoms with Gasteiger partial charge in [-0.3, -0.25) is 14.5 Å². The Morgan fingerprint density at radius 1 is 1.18 bits per heavy atom. The van der Waals surface area contributed by atoms with E-state index in [0.29, 0.717) is 28.6 Å². The molecule has 1 aliphatic heterocycles. The van der Waals surface area contributed by atoms with Gasteiger partial charge in [0.05, 0.1) is 25.6 Å². The summed E-state index contributed by atoms with van der Waals surface area (Å²) in [5, 5.41) is 4.12. The summed E-state index contributed by atoms with van der Waals surface area (Å²) >= 11 is 0. The maximum atomic E-state index is 12.3. The summed E-state index contributed by atoms with van der Waals surface area (Å²) in [6, 6.07) is 12.4.